The third kappa shape index (κ3) is 1.70. The highest BCUT2D eigenvalue weighted by Gasteiger charge is 2.52. The van der Waals surface area contributed by atoms with Crippen LogP contribution in [-0.2, 0) is 4.74 Å². The van der Waals surface area contributed by atoms with Crippen molar-refractivity contribution in [2.45, 2.75) is 18.9 Å². The van der Waals surface area contributed by atoms with E-state index in [4.69, 9.17) is 15.2 Å². The normalized spacial score (nSPS) is 21.6. The van der Waals surface area contributed by atoms with Gasteiger partial charge in [0.1, 0.15) is 5.82 Å². The molecule has 1 saturated carbocycles. The van der Waals surface area contributed by atoms with Crippen molar-refractivity contribution in [3.63, 3.8) is 0 Å². The Balaban J connectivity index is 1.65. The van der Waals surface area contributed by atoms with Crippen LogP contribution in [0.2, 0.25) is 0 Å². The van der Waals surface area contributed by atoms with Crippen molar-refractivity contribution in [1.29, 1.82) is 0 Å². The Hall–Kier alpha value is -1.49. The molecule has 1 saturated heterocycles. The number of pyridine rings is 1. The highest BCUT2D eigenvalue weighted by molar-refractivity contribution is 5.56. The van der Waals surface area contributed by atoms with E-state index >= 15 is 0 Å². The van der Waals surface area contributed by atoms with Crippen LogP contribution in [0.15, 0.2) is 12.1 Å². The highest BCUT2D eigenvalue weighted by atomic mass is 16.5. The average molecular weight is 249 g/mol. The number of nitrogens with two attached hydrogens (primary N) is 1. The largest absolute Gasteiger partial charge is 0.479 e. The molecule has 0 amide bonds. The second-order valence-corrected chi connectivity index (χ2v) is 5.39. The smallest absolute Gasteiger partial charge is 0.238 e. The van der Waals surface area contributed by atoms with Crippen LogP contribution >= 0.6 is 0 Å². The van der Waals surface area contributed by atoms with Gasteiger partial charge in [-0.15, -0.1) is 0 Å². The minimum Gasteiger partial charge on any atom is -0.479 e. The molecule has 0 unspecified atom stereocenters. The van der Waals surface area contributed by atoms with E-state index in [1.807, 2.05) is 12.1 Å². The maximum absolute atomic E-state index is 5.76. The first-order chi connectivity index (χ1) is 8.65. The van der Waals surface area contributed by atoms with Crippen molar-refractivity contribution in [2.75, 3.05) is 37.9 Å². The quantitative estimate of drug-likeness (QED) is 0.874. The van der Waals surface area contributed by atoms with Gasteiger partial charge < -0.3 is 20.1 Å². The van der Waals surface area contributed by atoms with Gasteiger partial charge in [0, 0.05) is 25.6 Å². The molecule has 1 aromatic rings. The van der Waals surface area contributed by atoms with E-state index in [1.165, 1.54) is 12.8 Å². The summed E-state index contributed by atoms with van der Waals surface area (Å²) in [4.78, 5) is 6.70. The molecule has 0 aromatic carbocycles. The molecule has 5 nitrogen and oxygen atoms in total. The molecule has 0 bridgehead atoms. The van der Waals surface area contributed by atoms with Crippen LogP contribution < -0.4 is 15.4 Å². The molecule has 1 spiro atoms. The van der Waals surface area contributed by atoms with Crippen molar-refractivity contribution in [1.82, 2.24) is 4.98 Å². The minimum atomic E-state index is 0.459. The number of aromatic nitrogens is 1. The van der Waals surface area contributed by atoms with Crippen molar-refractivity contribution in [3.8, 4) is 5.88 Å². The van der Waals surface area contributed by atoms with Crippen LogP contribution in [0.25, 0.3) is 0 Å². The Morgan fingerprint density at radius 3 is 2.67 bits per heavy atom. The Labute approximate surface area is 107 Å². The Kier molecular flexibility index (Phi) is 2.59. The first-order valence-corrected chi connectivity index (χ1v) is 6.24. The zero-order valence-corrected chi connectivity index (χ0v) is 10.8. The molecule has 18 heavy (non-hydrogen) atoms. The van der Waals surface area contributed by atoms with Gasteiger partial charge in [-0.1, -0.05) is 0 Å². The molecule has 5 heteroatoms. The second-order valence-electron chi connectivity index (χ2n) is 5.39. The summed E-state index contributed by atoms with van der Waals surface area (Å²) in [6, 6.07) is 3.81. The molecule has 0 radical (unpaired) electrons. The molecule has 2 heterocycles. The summed E-state index contributed by atoms with van der Waals surface area (Å²) in [6.45, 7) is 2.12. The van der Waals surface area contributed by atoms with Crippen LogP contribution in [0.5, 0.6) is 5.88 Å². The van der Waals surface area contributed by atoms with Gasteiger partial charge in [-0.05, 0) is 25.0 Å². The predicted molar refractivity (Wildman–Crippen MR) is 69.9 cm³/mol. The fourth-order valence-corrected chi connectivity index (χ4v) is 3.04. The molecular weight excluding hydrogens is 230 g/mol. The fraction of sp³-hybridized carbons (Fsp3) is 0.615. The minimum absolute atomic E-state index is 0.459. The highest BCUT2D eigenvalue weighted by Crippen LogP contribution is 2.50. The van der Waals surface area contributed by atoms with E-state index in [2.05, 4.69) is 9.88 Å². The van der Waals surface area contributed by atoms with E-state index in [9.17, 15) is 0 Å². The summed E-state index contributed by atoms with van der Waals surface area (Å²) in [5.74, 6) is 1.46. The average Bonchev–Trinajstić information content (AvgIpc) is 2.27. The molecule has 98 valence electrons. The summed E-state index contributed by atoms with van der Waals surface area (Å²) in [6.07, 6.45) is 2.80. The lowest BCUT2D eigenvalue weighted by Crippen LogP contribution is -2.64. The monoisotopic (exact) mass is 249 g/mol. The fourth-order valence-electron chi connectivity index (χ4n) is 3.04. The zero-order chi connectivity index (χ0) is 12.8. The van der Waals surface area contributed by atoms with Crippen LogP contribution in [0.3, 0.4) is 0 Å². The number of nitrogens with zero attached hydrogens (tertiary/aromatic N) is 2. The molecule has 3 rings (SSSR count). The first kappa shape index (κ1) is 11.6. The van der Waals surface area contributed by atoms with Crippen LogP contribution in [0, 0.1) is 5.41 Å². The topological polar surface area (TPSA) is 60.6 Å². The van der Waals surface area contributed by atoms with Gasteiger partial charge in [0.2, 0.25) is 5.88 Å². The van der Waals surface area contributed by atoms with Gasteiger partial charge in [0.05, 0.1) is 18.9 Å². The summed E-state index contributed by atoms with van der Waals surface area (Å²) in [5.41, 5.74) is 6.82. The number of hydrogen-bond acceptors (Lipinski definition) is 5. The number of nitrogen functional groups attached to an aromatic ring is 1. The standard InChI is InChI=1S/C13H19N3O2/c1-17-9-5-13(6-9)7-16(8-13)11-4-3-10(14)12(15-11)18-2/h3-4,9H,5-8,14H2,1-2H3. The SMILES string of the molecule is COc1nc(N2CC3(CC(OC)C3)C2)ccc1N. The number of anilines is 2. The second kappa shape index (κ2) is 4.02. The molecule has 2 N–H and O–H groups in total. The maximum atomic E-state index is 5.76. The first-order valence-electron chi connectivity index (χ1n) is 6.24. The van der Waals surface area contributed by atoms with Crippen LogP contribution in [0.1, 0.15) is 12.8 Å². The lowest BCUT2D eigenvalue weighted by atomic mass is 9.62. The van der Waals surface area contributed by atoms with Gasteiger partial charge >= 0.3 is 0 Å². The third-order valence-corrected chi connectivity index (χ3v) is 4.10. The van der Waals surface area contributed by atoms with Crippen molar-refractivity contribution in [2.24, 2.45) is 5.41 Å². The van der Waals surface area contributed by atoms with E-state index in [-0.39, 0.29) is 0 Å². The van der Waals surface area contributed by atoms with E-state index in [0.29, 0.717) is 23.1 Å². The van der Waals surface area contributed by atoms with E-state index in [0.717, 1.165) is 18.9 Å². The summed E-state index contributed by atoms with van der Waals surface area (Å²) in [7, 11) is 3.38. The Morgan fingerprint density at radius 1 is 1.33 bits per heavy atom. The molecule has 2 aliphatic rings. The molecule has 2 fully saturated rings. The lowest BCUT2D eigenvalue weighted by molar-refractivity contribution is -0.0733. The summed E-state index contributed by atoms with van der Waals surface area (Å²) >= 11 is 0. The maximum Gasteiger partial charge on any atom is 0.238 e. The summed E-state index contributed by atoms with van der Waals surface area (Å²) in [5, 5.41) is 0. The molecule has 1 aliphatic heterocycles. The number of hydrogen-bond donors (Lipinski definition) is 1. The third-order valence-electron chi connectivity index (χ3n) is 4.10. The molecule has 0 atom stereocenters. The van der Waals surface area contributed by atoms with Gasteiger partial charge in [-0.2, -0.15) is 4.98 Å². The number of methoxy groups -OCH3 is 2. The molecule has 1 aromatic heterocycles. The van der Waals surface area contributed by atoms with Crippen molar-refractivity contribution >= 4 is 11.5 Å². The molecule has 1 aliphatic carbocycles. The van der Waals surface area contributed by atoms with Crippen molar-refractivity contribution in [3.05, 3.63) is 12.1 Å². The Morgan fingerprint density at radius 2 is 2.06 bits per heavy atom. The van der Waals surface area contributed by atoms with Gasteiger partial charge in [-0.3, -0.25) is 0 Å². The van der Waals surface area contributed by atoms with E-state index < -0.39 is 0 Å². The molecular formula is C13H19N3O2. The van der Waals surface area contributed by atoms with Gasteiger partial charge in [-0.25, -0.2) is 0 Å². The van der Waals surface area contributed by atoms with E-state index in [1.54, 1.807) is 14.2 Å². The van der Waals surface area contributed by atoms with Gasteiger partial charge in [0.15, 0.2) is 0 Å². The van der Waals surface area contributed by atoms with Crippen LogP contribution in [-0.4, -0.2) is 38.4 Å². The number of rotatable bonds is 3. The van der Waals surface area contributed by atoms with Gasteiger partial charge in [0.25, 0.3) is 0 Å². The predicted octanol–water partition coefficient (Wildman–Crippen LogP) is 1.29. The van der Waals surface area contributed by atoms with Crippen LogP contribution in [0.4, 0.5) is 11.5 Å². The number of ether oxygens (including phenoxy) is 2. The van der Waals surface area contributed by atoms with Crippen molar-refractivity contribution < 1.29 is 9.47 Å². The summed E-state index contributed by atoms with van der Waals surface area (Å²) < 4.78 is 10.5. The lowest BCUT2D eigenvalue weighted by Gasteiger charge is -2.59. The zero-order valence-electron chi connectivity index (χ0n) is 10.8. The Bertz CT molecular complexity index is 450.